The van der Waals surface area contributed by atoms with E-state index in [9.17, 15) is 8.42 Å². The standard InChI is InChI=1S/C13H23N3O2S.ClH/c1-12(2)15(3)19(17,18)16(10-9-14)11-13-7-5-4-6-8-13;/h4-8,12H,9-11,14H2,1-3H3;1H. The van der Waals surface area contributed by atoms with Gasteiger partial charge in [-0.05, 0) is 19.4 Å². The Hall–Kier alpha value is -0.660. The minimum Gasteiger partial charge on any atom is -0.329 e. The van der Waals surface area contributed by atoms with Crippen molar-refractivity contribution in [1.82, 2.24) is 8.61 Å². The predicted octanol–water partition coefficient (Wildman–Crippen LogP) is 1.45. The van der Waals surface area contributed by atoms with Gasteiger partial charge in [0.15, 0.2) is 0 Å². The first kappa shape index (κ1) is 19.3. The van der Waals surface area contributed by atoms with Gasteiger partial charge in [-0.25, -0.2) is 0 Å². The fourth-order valence-corrected chi connectivity index (χ4v) is 3.20. The van der Waals surface area contributed by atoms with Gasteiger partial charge >= 0.3 is 0 Å². The molecule has 0 amide bonds. The van der Waals surface area contributed by atoms with E-state index in [4.69, 9.17) is 5.73 Å². The van der Waals surface area contributed by atoms with Crippen LogP contribution in [0.3, 0.4) is 0 Å². The predicted molar refractivity (Wildman–Crippen MR) is 85.0 cm³/mol. The first-order chi connectivity index (χ1) is 8.89. The van der Waals surface area contributed by atoms with Crippen molar-refractivity contribution in [2.24, 2.45) is 5.73 Å². The molecule has 0 aliphatic carbocycles. The highest BCUT2D eigenvalue weighted by molar-refractivity contribution is 7.86. The van der Waals surface area contributed by atoms with Gasteiger partial charge in [0.1, 0.15) is 0 Å². The average Bonchev–Trinajstić information content (AvgIpc) is 2.38. The van der Waals surface area contributed by atoms with Crippen LogP contribution in [0.4, 0.5) is 0 Å². The maximum absolute atomic E-state index is 12.5. The number of rotatable bonds is 7. The number of hydrogen-bond acceptors (Lipinski definition) is 3. The lowest BCUT2D eigenvalue weighted by Crippen LogP contribution is -2.46. The normalized spacial score (nSPS) is 11.9. The molecule has 7 heteroatoms. The van der Waals surface area contributed by atoms with Crippen LogP contribution in [-0.4, -0.2) is 43.2 Å². The van der Waals surface area contributed by atoms with Gasteiger partial charge < -0.3 is 5.73 Å². The molecule has 1 aromatic rings. The van der Waals surface area contributed by atoms with E-state index >= 15 is 0 Å². The molecule has 5 nitrogen and oxygen atoms in total. The molecule has 0 fully saturated rings. The molecule has 0 radical (unpaired) electrons. The number of hydrogen-bond donors (Lipinski definition) is 1. The van der Waals surface area contributed by atoms with E-state index in [1.54, 1.807) is 7.05 Å². The van der Waals surface area contributed by atoms with Gasteiger partial charge in [-0.2, -0.15) is 17.0 Å². The monoisotopic (exact) mass is 321 g/mol. The van der Waals surface area contributed by atoms with Crippen LogP contribution in [0.15, 0.2) is 30.3 Å². The third kappa shape index (κ3) is 5.03. The van der Waals surface area contributed by atoms with Crippen LogP contribution in [0.25, 0.3) is 0 Å². The Morgan fingerprint density at radius 3 is 2.20 bits per heavy atom. The van der Waals surface area contributed by atoms with Crippen molar-refractivity contribution >= 4 is 22.6 Å². The molecule has 0 heterocycles. The molecule has 0 saturated carbocycles. The zero-order valence-electron chi connectivity index (χ0n) is 12.2. The highest BCUT2D eigenvalue weighted by Crippen LogP contribution is 2.13. The Bertz CT molecular complexity index is 480. The smallest absolute Gasteiger partial charge is 0.282 e. The van der Waals surface area contributed by atoms with E-state index in [1.165, 1.54) is 8.61 Å². The summed E-state index contributed by atoms with van der Waals surface area (Å²) in [5.41, 5.74) is 6.49. The molecule has 0 atom stereocenters. The maximum atomic E-state index is 12.5. The zero-order valence-corrected chi connectivity index (χ0v) is 13.8. The van der Waals surface area contributed by atoms with Crippen molar-refractivity contribution in [2.75, 3.05) is 20.1 Å². The van der Waals surface area contributed by atoms with E-state index in [0.29, 0.717) is 19.6 Å². The largest absolute Gasteiger partial charge is 0.329 e. The number of nitrogens with two attached hydrogens (primary N) is 1. The van der Waals surface area contributed by atoms with Crippen molar-refractivity contribution in [3.63, 3.8) is 0 Å². The minimum atomic E-state index is -3.47. The molecule has 0 unspecified atom stereocenters. The SMILES string of the molecule is CC(C)N(C)S(=O)(=O)N(CCN)Cc1ccccc1.Cl. The molecule has 0 spiro atoms. The lowest BCUT2D eigenvalue weighted by molar-refractivity contribution is 0.334. The van der Waals surface area contributed by atoms with Gasteiger partial charge in [-0.1, -0.05) is 30.3 Å². The van der Waals surface area contributed by atoms with E-state index in [2.05, 4.69) is 0 Å². The Morgan fingerprint density at radius 2 is 1.75 bits per heavy atom. The van der Waals surface area contributed by atoms with Gasteiger partial charge in [-0.15, -0.1) is 12.4 Å². The molecule has 1 rings (SSSR count). The molecular formula is C13H24ClN3O2S. The number of halogens is 1. The lowest BCUT2D eigenvalue weighted by atomic mass is 10.2. The average molecular weight is 322 g/mol. The minimum absolute atomic E-state index is 0. The summed E-state index contributed by atoms with van der Waals surface area (Å²) in [7, 11) is -1.88. The van der Waals surface area contributed by atoms with Crippen LogP contribution in [0.1, 0.15) is 19.4 Å². The van der Waals surface area contributed by atoms with E-state index in [0.717, 1.165) is 5.56 Å². The molecule has 0 bridgehead atoms. The van der Waals surface area contributed by atoms with Crippen LogP contribution in [-0.2, 0) is 16.8 Å². The Morgan fingerprint density at radius 1 is 1.20 bits per heavy atom. The summed E-state index contributed by atoms with van der Waals surface area (Å²) in [5, 5.41) is 0. The number of benzene rings is 1. The quantitative estimate of drug-likeness (QED) is 0.826. The zero-order chi connectivity index (χ0) is 14.5. The van der Waals surface area contributed by atoms with Gasteiger partial charge in [0.05, 0.1) is 0 Å². The van der Waals surface area contributed by atoms with Crippen molar-refractivity contribution in [1.29, 1.82) is 0 Å². The van der Waals surface area contributed by atoms with Crippen LogP contribution in [0, 0.1) is 0 Å². The third-order valence-corrected chi connectivity index (χ3v) is 5.11. The van der Waals surface area contributed by atoms with Crippen LogP contribution in [0.2, 0.25) is 0 Å². The maximum Gasteiger partial charge on any atom is 0.282 e. The molecule has 0 saturated heterocycles. The lowest BCUT2D eigenvalue weighted by Gasteiger charge is -2.29. The first-order valence-electron chi connectivity index (χ1n) is 6.36. The highest BCUT2D eigenvalue weighted by atomic mass is 35.5. The van der Waals surface area contributed by atoms with Crippen LogP contribution >= 0.6 is 12.4 Å². The van der Waals surface area contributed by atoms with Crippen molar-refractivity contribution in [2.45, 2.75) is 26.4 Å². The van der Waals surface area contributed by atoms with Crippen molar-refractivity contribution < 1.29 is 8.42 Å². The summed E-state index contributed by atoms with van der Waals surface area (Å²) in [5.74, 6) is 0. The third-order valence-electron chi connectivity index (χ3n) is 3.00. The second-order valence-corrected chi connectivity index (χ2v) is 6.71. The van der Waals surface area contributed by atoms with Crippen LogP contribution < -0.4 is 5.73 Å². The van der Waals surface area contributed by atoms with Gasteiger partial charge in [-0.3, -0.25) is 0 Å². The summed E-state index contributed by atoms with van der Waals surface area (Å²) in [6, 6.07) is 9.44. The summed E-state index contributed by atoms with van der Waals surface area (Å²) in [6.45, 7) is 4.66. The second kappa shape index (κ2) is 8.59. The van der Waals surface area contributed by atoms with Crippen LogP contribution in [0.5, 0.6) is 0 Å². The molecule has 20 heavy (non-hydrogen) atoms. The van der Waals surface area contributed by atoms with Gasteiger partial charge in [0.25, 0.3) is 10.2 Å². The Balaban J connectivity index is 0.00000361. The molecule has 0 aliphatic heterocycles. The second-order valence-electron chi connectivity index (χ2n) is 4.73. The first-order valence-corrected chi connectivity index (χ1v) is 7.76. The molecule has 0 aliphatic rings. The Labute approximate surface area is 128 Å². The van der Waals surface area contributed by atoms with Gasteiger partial charge in [0.2, 0.25) is 0 Å². The van der Waals surface area contributed by atoms with Gasteiger partial charge in [0, 0.05) is 32.7 Å². The molecule has 1 aromatic carbocycles. The molecule has 116 valence electrons. The fraction of sp³-hybridized carbons (Fsp3) is 0.538. The summed E-state index contributed by atoms with van der Waals surface area (Å²) in [6.07, 6.45) is 0. The summed E-state index contributed by atoms with van der Waals surface area (Å²) < 4.78 is 27.7. The van der Waals surface area contributed by atoms with Crippen molar-refractivity contribution in [3.8, 4) is 0 Å². The van der Waals surface area contributed by atoms with E-state index in [-0.39, 0.29) is 18.4 Å². The van der Waals surface area contributed by atoms with E-state index < -0.39 is 10.2 Å². The molecule has 0 aromatic heterocycles. The molecule has 2 N–H and O–H groups in total. The van der Waals surface area contributed by atoms with E-state index in [1.807, 2.05) is 44.2 Å². The summed E-state index contributed by atoms with van der Waals surface area (Å²) in [4.78, 5) is 0. The van der Waals surface area contributed by atoms with Crippen molar-refractivity contribution in [3.05, 3.63) is 35.9 Å². The highest BCUT2D eigenvalue weighted by Gasteiger charge is 2.28. The topological polar surface area (TPSA) is 66.6 Å². The summed E-state index contributed by atoms with van der Waals surface area (Å²) >= 11 is 0. The fourth-order valence-electron chi connectivity index (χ4n) is 1.66. The Kier molecular flexibility index (Phi) is 8.30. The molecular weight excluding hydrogens is 298 g/mol. The number of nitrogens with zero attached hydrogens (tertiary/aromatic N) is 2.